The number of hydrogen-bond donors (Lipinski definition) is 1. The number of methoxy groups -OCH3 is 1. The molecule has 3 nitrogen and oxygen atoms in total. The monoisotopic (exact) mass is 168 g/mol. The fraction of sp³-hybridized carbons (Fsp3) is 0.444. The van der Waals surface area contributed by atoms with Crippen LogP contribution in [0.2, 0.25) is 0 Å². The van der Waals surface area contributed by atoms with Crippen LogP contribution in [-0.2, 0) is 9.53 Å². The van der Waals surface area contributed by atoms with Crippen molar-refractivity contribution in [2.75, 3.05) is 7.11 Å². The van der Waals surface area contributed by atoms with Crippen LogP contribution in [0.5, 0.6) is 0 Å². The Labute approximate surface area is 72.0 Å². The quantitative estimate of drug-likeness (QED) is 0.268. The van der Waals surface area contributed by atoms with Crippen molar-refractivity contribution in [1.29, 1.82) is 0 Å². The maximum absolute atomic E-state index is 10.5. The largest absolute Gasteiger partial charge is 0.459 e. The lowest BCUT2D eigenvalue weighted by molar-refractivity contribution is -0.133. The van der Waals surface area contributed by atoms with E-state index in [1.807, 2.05) is 13.8 Å². The number of esters is 1. The van der Waals surface area contributed by atoms with Gasteiger partial charge in [0.05, 0.1) is 7.11 Å². The van der Waals surface area contributed by atoms with E-state index in [4.69, 9.17) is 5.11 Å². The molecule has 12 heavy (non-hydrogen) atoms. The third kappa shape index (κ3) is 5.51. The molecule has 0 bridgehead atoms. The molecule has 0 aromatic carbocycles. The van der Waals surface area contributed by atoms with Gasteiger partial charge in [-0.2, -0.15) is 0 Å². The molecular formula is C9H12O3. The van der Waals surface area contributed by atoms with Gasteiger partial charge in [-0.05, 0) is 19.9 Å². The lowest BCUT2D eigenvalue weighted by Gasteiger charge is -1.94. The topological polar surface area (TPSA) is 46.5 Å². The lowest BCUT2D eigenvalue weighted by Crippen LogP contribution is -2.01. The molecule has 0 heterocycles. The summed E-state index contributed by atoms with van der Waals surface area (Å²) in [5.41, 5.74) is 0.946. The van der Waals surface area contributed by atoms with E-state index < -0.39 is 12.1 Å². The van der Waals surface area contributed by atoms with Crippen molar-refractivity contribution in [1.82, 2.24) is 0 Å². The number of hydrogen-bond acceptors (Lipinski definition) is 3. The highest BCUT2D eigenvalue weighted by atomic mass is 16.5. The van der Waals surface area contributed by atoms with Crippen molar-refractivity contribution in [2.24, 2.45) is 0 Å². The van der Waals surface area contributed by atoms with Gasteiger partial charge in [-0.3, -0.25) is 0 Å². The SMILES string of the molecule is COC(=O)C#CC(O)C=C(C)C. The molecule has 0 radical (unpaired) electrons. The summed E-state index contributed by atoms with van der Waals surface area (Å²) in [5.74, 6) is 3.81. The van der Waals surface area contributed by atoms with Gasteiger partial charge >= 0.3 is 5.97 Å². The van der Waals surface area contributed by atoms with Gasteiger partial charge in [-0.15, -0.1) is 0 Å². The summed E-state index contributed by atoms with van der Waals surface area (Å²) in [6.07, 6.45) is 0.657. The number of carbonyl (C=O) groups is 1. The van der Waals surface area contributed by atoms with Gasteiger partial charge in [-0.1, -0.05) is 11.5 Å². The standard InChI is InChI=1S/C9H12O3/c1-7(2)6-8(10)4-5-9(11)12-3/h6,8,10H,1-3H3. The highest BCUT2D eigenvalue weighted by molar-refractivity contribution is 5.88. The molecule has 1 atom stereocenters. The van der Waals surface area contributed by atoms with Crippen LogP contribution in [0.15, 0.2) is 11.6 Å². The molecule has 3 heteroatoms. The molecule has 0 aromatic heterocycles. The normalized spacial score (nSPS) is 10.7. The van der Waals surface area contributed by atoms with Crippen LogP contribution in [0, 0.1) is 11.8 Å². The van der Waals surface area contributed by atoms with Gasteiger partial charge < -0.3 is 9.84 Å². The zero-order chi connectivity index (χ0) is 9.56. The minimum Gasteiger partial charge on any atom is -0.459 e. The summed E-state index contributed by atoms with van der Waals surface area (Å²) in [6.45, 7) is 3.67. The van der Waals surface area contributed by atoms with E-state index in [9.17, 15) is 4.79 Å². The van der Waals surface area contributed by atoms with Gasteiger partial charge in [0.2, 0.25) is 0 Å². The maximum Gasteiger partial charge on any atom is 0.384 e. The van der Waals surface area contributed by atoms with E-state index >= 15 is 0 Å². The molecule has 0 amide bonds. The minimum atomic E-state index is -0.894. The smallest absolute Gasteiger partial charge is 0.384 e. The Morgan fingerprint density at radius 1 is 1.58 bits per heavy atom. The third-order valence-corrected chi connectivity index (χ3v) is 0.999. The molecule has 0 aliphatic heterocycles. The van der Waals surface area contributed by atoms with Gasteiger partial charge in [0.25, 0.3) is 0 Å². The van der Waals surface area contributed by atoms with E-state index in [1.165, 1.54) is 7.11 Å². The zero-order valence-corrected chi connectivity index (χ0v) is 7.42. The van der Waals surface area contributed by atoms with Crippen LogP contribution in [0.25, 0.3) is 0 Å². The maximum atomic E-state index is 10.5. The Morgan fingerprint density at radius 3 is 2.58 bits per heavy atom. The molecule has 0 aliphatic rings. The zero-order valence-electron chi connectivity index (χ0n) is 7.42. The predicted molar refractivity (Wildman–Crippen MR) is 45.2 cm³/mol. The van der Waals surface area contributed by atoms with Crippen LogP contribution in [0.1, 0.15) is 13.8 Å². The van der Waals surface area contributed by atoms with Crippen molar-refractivity contribution >= 4 is 5.97 Å². The Bertz CT molecular complexity index is 238. The first-order valence-electron chi connectivity index (χ1n) is 3.49. The highest BCUT2D eigenvalue weighted by Gasteiger charge is 1.94. The van der Waals surface area contributed by atoms with Crippen LogP contribution >= 0.6 is 0 Å². The molecule has 0 rings (SSSR count). The van der Waals surface area contributed by atoms with Gasteiger partial charge in [0.1, 0.15) is 6.10 Å². The van der Waals surface area contributed by atoms with Crippen molar-refractivity contribution in [3.05, 3.63) is 11.6 Å². The first kappa shape index (κ1) is 10.7. The molecule has 0 aromatic rings. The summed E-state index contributed by atoms with van der Waals surface area (Å²) in [4.78, 5) is 10.5. The van der Waals surface area contributed by atoms with Crippen molar-refractivity contribution < 1.29 is 14.6 Å². The molecule has 1 unspecified atom stereocenters. The second-order valence-electron chi connectivity index (χ2n) is 2.45. The number of carbonyl (C=O) groups excluding carboxylic acids is 1. The number of allylic oxidation sites excluding steroid dienone is 1. The van der Waals surface area contributed by atoms with Crippen LogP contribution in [0.3, 0.4) is 0 Å². The van der Waals surface area contributed by atoms with Gasteiger partial charge in [0.15, 0.2) is 0 Å². The van der Waals surface area contributed by atoms with Crippen LogP contribution in [0.4, 0.5) is 0 Å². The molecular weight excluding hydrogens is 156 g/mol. The molecule has 66 valence electrons. The third-order valence-electron chi connectivity index (χ3n) is 0.999. The van der Waals surface area contributed by atoms with Crippen molar-refractivity contribution in [2.45, 2.75) is 20.0 Å². The number of ether oxygens (including phenoxy) is 1. The Hall–Kier alpha value is -1.27. The van der Waals surface area contributed by atoms with E-state index in [0.717, 1.165) is 5.57 Å². The molecule has 0 fully saturated rings. The Kier molecular flexibility index (Phi) is 4.82. The van der Waals surface area contributed by atoms with E-state index in [0.29, 0.717) is 0 Å². The summed E-state index contributed by atoms with van der Waals surface area (Å²) in [6, 6.07) is 0. The summed E-state index contributed by atoms with van der Waals surface area (Å²) < 4.78 is 4.26. The average Bonchev–Trinajstić information content (AvgIpc) is 1.99. The van der Waals surface area contributed by atoms with Gasteiger partial charge in [0, 0.05) is 5.92 Å². The molecule has 0 saturated heterocycles. The molecule has 0 saturated carbocycles. The Balaban J connectivity index is 4.13. The fourth-order valence-corrected chi connectivity index (χ4v) is 0.541. The predicted octanol–water partition coefficient (Wildman–Crippen LogP) is 0.490. The number of aliphatic hydroxyl groups is 1. The fourth-order valence-electron chi connectivity index (χ4n) is 0.541. The average molecular weight is 168 g/mol. The first-order chi connectivity index (χ1) is 5.56. The molecule has 1 N–H and O–H groups in total. The Morgan fingerprint density at radius 2 is 2.17 bits per heavy atom. The van der Waals surface area contributed by atoms with E-state index in [1.54, 1.807) is 6.08 Å². The lowest BCUT2D eigenvalue weighted by atomic mass is 10.2. The summed E-state index contributed by atoms with van der Waals surface area (Å²) >= 11 is 0. The highest BCUT2D eigenvalue weighted by Crippen LogP contribution is 1.92. The number of rotatable bonds is 1. The van der Waals surface area contributed by atoms with E-state index in [2.05, 4.69) is 16.6 Å². The molecule has 0 spiro atoms. The van der Waals surface area contributed by atoms with E-state index in [-0.39, 0.29) is 0 Å². The summed E-state index contributed by atoms with van der Waals surface area (Å²) in [5, 5.41) is 9.11. The second-order valence-corrected chi connectivity index (χ2v) is 2.45. The van der Waals surface area contributed by atoms with Crippen molar-refractivity contribution in [3.63, 3.8) is 0 Å². The second kappa shape index (κ2) is 5.39. The van der Waals surface area contributed by atoms with Crippen LogP contribution < -0.4 is 0 Å². The minimum absolute atomic E-state index is 0.642. The summed E-state index contributed by atoms with van der Waals surface area (Å²) in [7, 11) is 1.24. The van der Waals surface area contributed by atoms with Crippen LogP contribution in [-0.4, -0.2) is 24.3 Å². The first-order valence-corrected chi connectivity index (χ1v) is 3.49. The van der Waals surface area contributed by atoms with Crippen molar-refractivity contribution in [3.8, 4) is 11.8 Å². The number of aliphatic hydroxyl groups excluding tert-OH is 1. The van der Waals surface area contributed by atoms with Gasteiger partial charge in [-0.25, -0.2) is 4.79 Å². The molecule has 0 aliphatic carbocycles.